The van der Waals surface area contributed by atoms with E-state index in [1.807, 2.05) is 146 Å². The molecule has 0 aliphatic rings. The van der Waals surface area contributed by atoms with Gasteiger partial charge in [0.05, 0.1) is 0 Å². The molecule has 0 aliphatic heterocycles. The molecule has 0 amide bonds. The summed E-state index contributed by atoms with van der Waals surface area (Å²) in [5.41, 5.74) is 6.55. The zero-order valence-electron chi connectivity index (χ0n) is 40.4. The zero-order valence-corrected chi connectivity index (χ0v) is 40.4. The highest BCUT2D eigenvalue weighted by molar-refractivity contribution is 5.46. The summed E-state index contributed by atoms with van der Waals surface area (Å²) in [6.07, 6.45) is -2.25. The zero-order chi connectivity index (χ0) is 49.2. The van der Waals surface area contributed by atoms with Gasteiger partial charge < -0.3 is 39.4 Å². The SMILES string of the molecule is CC(C)(c1ccc(O)cc1)c1ccc(OC(Oc2ccc(C(C)(C)c3ccc(O)cc3)cc2)(Oc2ccc(C(C)(C)c3ccc(O)cc3)cc2)Oc2ccc(C(C)(C)c3ccc(O)cc3)cc2)cc1. The van der Waals surface area contributed by atoms with E-state index < -0.39 is 27.8 Å². The maximum absolute atomic E-state index is 9.99. The van der Waals surface area contributed by atoms with Gasteiger partial charge in [-0.3, -0.25) is 0 Å². The molecule has 0 bridgehead atoms. The molecule has 69 heavy (non-hydrogen) atoms. The van der Waals surface area contributed by atoms with Gasteiger partial charge in [-0.15, -0.1) is 0 Å². The van der Waals surface area contributed by atoms with Gasteiger partial charge in [-0.2, -0.15) is 0 Å². The largest absolute Gasteiger partial charge is 0.611 e. The van der Waals surface area contributed by atoms with E-state index in [0.29, 0.717) is 23.0 Å². The second kappa shape index (κ2) is 18.7. The van der Waals surface area contributed by atoms with Gasteiger partial charge in [0, 0.05) is 21.7 Å². The Hall–Kier alpha value is -7.84. The molecule has 352 valence electrons. The number of ether oxygens (including phenoxy) is 4. The molecule has 8 nitrogen and oxygen atoms in total. The molecule has 0 unspecified atom stereocenters. The number of phenols is 4. The molecule has 0 saturated carbocycles. The summed E-state index contributed by atoms with van der Waals surface area (Å²) in [5, 5.41) is 40.0. The minimum atomic E-state index is -2.25. The highest BCUT2D eigenvalue weighted by Crippen LogP contribution is 2.40. The van der Waals surface area contributed by atoms with E-state index in [-0.39, 0.29) is 23.0 Å². The highest BCUT2D eigenvalue weighted by atomic mass is 17.0. The third-order valence-corrected chi connectivity index (χ3v) is 13.6. The molecule has 0 fully saturated rings. The molecule has 8 aromatic rings. The fraction of sp³-hybridized carbons (Fsp3) is 0.213. The van der Waals surface area contributed by atoms with E-state index in [4.69, 9.17) is 18.9 Å². The van der Waals surface area contributed by atoms with Gasteiger partial charge in [0.1, 0.15) is 46.0 Å². The Balaban J connectivity index is 1.20. The average molecular weight is 921 g/mol. The second-order valence-corrected chi connectivity index (χ2v) is 19.7. The van der Waals surface area contributed by atoms with Crippen LogP contribution < -0.4 is 18.9 Å². The van der Waals surface area contributed by atoms with E-state index in [9.17, 15) is 20.4 Å². The quantitative estimate of drug-likeness (QED) is 0.0708. The van der Waals surface area contributed by atoms with Gasteiger partial charge in [0.2, 0.25) is 0 Å². The van der Waals surface area contributed by atoms with Crippen LogP contribution >= 0.6 is 0 Å². The number of hydrogen-bond acceptors (Lipinski definition) is 8. The van der Waals surface area contributed by atoms with Crippen LogP contribution in [-0.4, -0.2) is 26.6 Å². The number of rotatable bonds is 16. The summed E-state index contributed by atoms with van der Waals surface area (Å²) in [6, 6.07) is 59.7. The van der Waals surface area contributed by atoms with Crippen molar-refractivity contribution in [1.29, 1.82) is 0 Å². The first-order chi connectivity index (χ1) is 32.7. The van der Waals surface area contributed by atoms with Crippen molar-refractivity contribution in [3.63, 3.8) is 0 Å². The lowest BCUT2D eigenvalue weighted by molar-refractivity contribution is -0.367. The lowest BCUT2D eigenvalue weighted by Gasteiger charge is -2.33. The standard InChI is InChI=1S/C61H60O8/c1-57(2,41-9-25-49(62)26-10-41)45-17-33-53(34-18-45)66-61(67-54-35-19-46(20-36-54)58(3,4)42-11-27-50(63)28-12-42,68-55-37-21-47(22-38-55)59(5,6)43-13-29-51(64)30-14-43)69-56-39-23-48(24-40-56)60(7,8)44-15-31-52(65)32-16-44/h9-40,62-65H,1-8H3. The van der Waals surface area contributed by atoms with Crippen molar-refractivity contribution in [2.45, 2.75) is 83.2 Å². The summed E-state index contributed by atoms with van der Waals surface area (Å²) in [5.74, 6) is 2.43. The Morgan fingerprint density at radius 2 is 0.348 bits per heavy atom. The molecule has 8 rings (SSSR count). The number of benzene rings is 8. The fourth-order valence-corrected chi connectivity index (χ4v) is 8.64. The van der Waals surface area contributed by atoms with E-state index >= 15 is 0 Å². The molecule has 0 radical (unpaired) electrons. The molecular weight excluding hydrogens is 861 g/mol. The lowest BCUT2D eigenvalue weighted by atomic mass is 9.78. The van der Waals surface area contributed by atoms with Gasteiger partial charge in [-0.25, -0.2) is 0 Å². The number of hydrogen-bond donors (Lipinski definition) is 4. The Kier molecular flexibility index (Phi) is 12.9. The number of phenolic OH excluding ortho intramolecular Hbond substituents is 4. The molecule has 0 aliphatic carbocycles. The average Bonchev–Trinajstić information content (AvgIpc) is 3.33. The predicted molar refractivity (Wildman–Crippen MR) is 272 cm³/mol. The Morgan fingerprint density at radius 1 is 0.217 bits per heavy atom. The predicted octanol–water partition coefficient (Wildman–Crippen LogP) is 14.0. The van der Waals surface area contributed by atoms with E-state index in [1.165, 1.54) is 0 Å². The molecule has 0 heterocycles. The van der Waals surface area contributed by atoms with Crippen LogP contribution in [0.2, 0.25) is 0 Å². The molecule has 0 atom stereocenters. The Bertz CT molecular complexity index is 2540. The lowest BCUT2D eigenvalue weighted by Crippen LogP contribution is -2.53. The van der Waals surface area contributed by atoms with Crippen LogP contribution in [0.4, 0.5) is 0 Å². The summed E-state index contributed by atoms with van der Waals surface area (Å²) >= 11 is 0. The van der Waals surface area contributed by atoms with Gasteiger partial charge >= 0.3 is 6.16 Å². The van der Waals surface area contributed by atoms with Gasteiger partial charge in [-0.05, 0) is 142 Å². The van der Waals surface area contributed by atoms with Gasteiger partial charge in [0.25, 0.3) is 0 Å². The van der Waals surface area contributed by atoms with Crippen molar-refractivity contribution >= 4 is 0 Å². The summed E-state index contributed by atoms with van der Waals surface area (Å²) in [4.78, 5) is 0. The van der Waals surface area contributed by atoms with Gasteiger partial charge in [-0.1, -0.05) is 152 Å². The monoisotopic (exact) mass is 920 g/mol. The first-order valence-corrected chi connectivity index (χ1v) is 23.1. The van der Waals surface area contributed by atoms with Crippen molar-refractivity contribution in [3.8, 4) is 46.0 Å². The van der Waals surface area contributed by atoms with Crippen LogP contribution in [0.5, 0.6) is 46.0 Å². The fourth-order valence-electron chi connectivity index (χ4n) is 8.64. The maximum Gasteiger partial charge on any atom is 0.611 e. The van der Waals surface area contributed by atoms with E-state index in [1.54, 1.807) is 48.5 Å². The summed E-state index contributed by atoms with van der Waals surface area (Å²) in [7, 11) is 0. The minimum absolute atomic E-state index is 0.205. The van der Waals surface area contributed by atoms with Crippen molar-refractivity contribution in [2.75, 3.05) is 0 Å². The van der Waals surface area contributed by atoms with Crippen LogP contribution in [0.1, 0.15) is 99.9 Å². The van der Waals surface area contributed by atoms with Crippen LogP contribution in [-0.2, 0) is 21.7 Å². The van der Waals surface area contributed by atoms with Crippen molar-refractivity contribution in [2.24, 2.45) is 0 Å². The minimum Gasteiger partial charge on any atom is -0.508 e. The topological polar surface area (TPSA) is 118 Å². The van der Waals surface area contributed by atoms with Crippen molar-refractivity contribution in [3.05, 3.63) is 239 Å². The normalized spacial score (nSPS) is 12.3. The molecule has 4 N–H and O–H groups in total. The molecule has 0 aromatic heterocycles. The molecular formula is C61H60O8. The molecule has 8 aromatic carbocycles. The van der Waals surface area contributed by atoms with Crippen molar-refractivity contribution in [1.82, 2.24) is 0 Å². The molecule has 0 saturated heterocycles. The summed E-state index contributed by atoms with van der Waals surface area (Å²) < 4.78 is 27.5. The van der Waals surface area contributed by atoms with Gasteiger partial charge in [0.15, 0.2) is 0 Å². The van der Waals surface area contributed by atoms with Crippen LogP contribution in [0.25, 0.3) is 0 Å². The molecule has 0 spiro atoms. The van der Waals surface area contributed by atoms with E-state index in [2.05, 4.69) is 55.4 Å². The van der Waals surface area contributed by atoms with Crippen LogP contribution in [0, 0.1) is 0 Å². The number of aromatic hydroxyl groups is 4. The summed E-state index contributed by atoms with van der Waals surface area (Å²) in [6.45, 7) is 17.0. The van der Waals surface area contributed by atoms with Crippen molar-refractivity contribution < 1.29 is 39.4 Å². The first kappa shape index (κ1) is 47.6. The Labute approximate surface area is 405 Å². The Morgan fingerprint density at radius 3 is 0.493 bits per heavy atom. The van der Waals surface area contributed by atoms with Crippen LogP contribution in [0.15, 0.2) is 194 Å². The smallest absolute Gasteiger partial charge is 0.508 e. The van der Waals surface area contributed by atoms with E-state index in [0.717, 1.165) is 44.5 Å². The van der Waals surface area contributed by atoms with Crippen LogP contribution in [0.3, 0.4) is 0 Å². The maximum atomic E-state index is 9.99. The second-order valence-electron chi connectivity index (χ2n) is 19.7. The third kappa shape index (κ3) is 10.4. The first-order valence-electron chi connectivity index (χ1n) is 23.1. The third-order valence-electron chi connectivity index (χ3n) is 13.6. The highest BCUT2D eigenvalue weighted by Gasteiger charge is 2.44. The molecule has 8 heteroatoms.